The van der Waals surface area contributed by atoms with Gasteiger partial charge in [-0.25, -0.2) is 9.97 Å². The third kappa shape index (κ3) is 2.33. The molecule has 0 unspecified atom stereocenters. The Bertz CT molecular complexity index is 548. The second kappa shape index (κ2) is 4.74. The molecule has 92 valence electrons. The van der Waals surface area contributed by atoms with Crippen LogP contribution in [0, 0.1) is 6.92 Å². The molecule has 4 heteroatoms. The maximum absolute atomic E-state index is 4.57. The van der Waals surface area contributed by atoms with Gasteiger partial charge in [0.25, 0.3) is 0 Å². The number of anilines is 2. The molecule has 2 heterocycles. The fourth-order valence-corrected chi connectivity index (χ4v) is 2.06. The maximum atomic E-state index is 4.57. The van der Waals surface area contributed by atoms with E-state index in [9.17, 15) is 0 Å². The Morgan fingerprint density at radius 3 is 2.89 bits per heavy atom. The summed E-state index contributed by atoms with van der Waals surface area (Å²) in [5.74, 6) is 0.680. The van der Waals surface area contributed by atoms with Gasteiger partial charge in [-0.3, -0.25) is 0 Å². The lowest BCUT2D eigenvalue weighted by Crippen LogP contribution is -2.25. The summed E-state index contributed by atoms with van der Waals surface area (Å²) in [6.07, 6.45) is 2.88. The van der Waals surface area contributed by atoms with Gasteiger partial charge in [-0.05, 0) is 19.1 Å². The van der Waals surface area contributed by atoms with Crippen LogP contribution in [0.5, 0.6) is 0 Å². The minimum absolute atomic E-state index is 0.680. The molecular weight excluding hydrogens is 224 g/mol. The summed E-state index contributed by atoms with van der Waals surface area (Å²) in [6, 6.07) is 8.23. The number of hydrogen-bond donors (Lipinski definition) is 2. The quantitative estimate of drug-likeness (QED) is 0.844. The Morgan fingerprint density at radius 1 is 1.22 bits per heavy atom. The number of rotatable bonds is 2. The first-order chi connectivity index (χ1) is 8.81. The monoisotopic (exact) mass is 240 g/mol. The van der Waals surface area contributed by atoms with Crippen molar-refractivity contribution >= 4 is 11.6 Å². The summed E-state index contributed by atoms with van der Waals surface area (Å²) in [5, 5.41) is 6.55. The van der Waals surface area contributed by atoms with E-state index in [1.807, 2.05) is 18.3 Å². The molecule has 0 radical (unpaired) electrons. The highest BCUT2D eigenvalue weighted by molar-refractivity contribution is 5.53. The van der Waals surface area contributed by atoms with Crippen molar-refractivity contribution in [2.24, 2.45) is 0 Å². The highest BCUT2D eigenvalue weighted by Crippen LogP contribution is 2.16. The van der Waals surface area contributed by atoms with Gasteiger partial charge >= 0.3 is 0 Å². The second-order valence-corrected chi connectivity index (χ2v) is 4.58. The van der Waals surface area contributed by atoms with E-state index in [1.54, 1.807) is 0 Å². The van der Waals surface area contributed by atoms with E-state index in [0.29, 0.717) is 5.95 Å². The van der Waals surface area contributed by atoms with Crippen molar-refractivity contribution in [1.29, 1.82) is 0 Å². The van der Waals surface area contributed by atoms with Gasteiger partial charge in [0.05, 0.1) is 5.69 Å². The molecule has 0 spiro atoms. The van der Waals surface area contributed by atoms with Crippen molar-refractivity contribution in [2.75, 3.05) is 11.9 Å². The molecule has 0 amide bonds. The molecule has 18 heavy (non-hydrogen) atoms. The van der Waals surface area contributed by atoms with Crippen molar-refractivity contribution in [3.8, 4) is 0 Å². The van der Waals surface area contributed by atoms with Crippen LogP contribution in [-0.4, -0.2) is 16.5 Å². The predicted octanol–water partition coefficient (Wildman–Crippen LogP) is 2.17. The Labute approximate surface area is 106 Å². The van der Waals surface area contributed by atoms with Crippen LogP contribution in [0.3, 0.4) is 0 Å². The third-order valence-electron chi connectivity index (χ3n) is 3.12. The molecule has 0 aliphatic carbocycles. The average Bonchev–Trinajstić information content (AvgIpc) is 2.41. The molecule has 1 aromatic heterocycles. The second-order valence-electron chi connectivity index (χ2n) is 4.58. The van der Waals surface area contributed by atoms with Crippen LogP contribution in [0.2, 0.25) is 0 Å². The Hall–Kier alpha value is -1.94. The third-order valence-corrected chi connectivity index (χ3v) is 3.12. The van der Waals surface area contributed by atoms with Crippen molar-refractivity contribution in [3.05, 3.63) is 47.3 Å². The van der Waals surface area contributed by atoms with Gasteiger partial charge in [0.15, 0.2) is 0 Å². The zero-order valence-corrected chi connectivity index (χ0v) is 10.4. The summed E-state index contributed by atoms with van der Waals surface area (Å²) >= 11 is 0. The largest absolute Gasteiger partial charge is 0.324 e. The molecule has 4 nitrogen and oxygen atoms in total. The molecule has 0 atom stereocenters. The van der Waals surface area contributed by atoms with Crippen molar-refractivity contribution in [1.82, 2.24) is 15.3 Å². The fourth-order valence-electron chi connectivity index (χ4n) is 2.06. The Kier molecular flexibility index (Phi) is 2.94. The highest BCUT2D eigenvalue weighted by Gasteiger charge is 2.11. The number of aryl methyl sites for hydroxylation is 1. The molecule has 0 fully saturated rings. The molecular formula is C14H16N4. The predicted molar refractivity (Wildman–Crippen MR) is 71.9 cm³/mol. The molecule has 0 saturated heterocycles. The van der Waals surface area contributed by atoms with Crippen molar-refractivity contribution in [3.63, 3.8) is 0 Å². The number of nitrogens with one attached hydrogen (secondary N) is 2. The topological polar surface area (TPSA) is 49.8 Å². The van der Waals surface area contributed by atoms with Crippen LogP contribution < -0.4 is 10.6 Å². The van der Waals surface area contributed by atoms with Crippen LogP contribution in [0.25, 0.3) is 0 Å². The number of fused-ring (bicyclic) bond motifs is 1. The highest BCUT2D eigenvalue weighted by atomic mass is 15.1. The molecule has 3 rings (SSSR count). The SMILES string of the molecule is Cc1ccc(Nc2ncc3c(n2)CCNC3)cc1. The van der Waals surface area contributed by atoms with Crippen molar-refractivity contribution in [2.45, 2.75) is 19.9 Å². The molecule has 1 aliphatic rings. The van der Waals surface area contributed by atoms with E-state index in [2.05, 4.69) is 39.7 Å². The Morgan fingerprint density at radius 2 is 2.06 bits per heavy atom. The first-order valence-corrected chi connectivity index (χ1v) is 6.20. The smallest absolute Gasteiger partial charge is 0.227 e. The number of benzene rings is 1. The maximum Gasteiger partial charge on any atom is 0.227 e. The van der Waals surface area contributed by atoms with Crippen LogP contribution in [0.4, 0.5) is 11.6 Å². The molecule has 1 aromatic carbocycles. The van der Waals surface area contributed by atoms with E-state index in [0.717, 1.165) is 30.9 Å². The summed E-state index contributed by atoms with van der Waals surface area (Å²) in [4.78, 5) is 8.92. The van der Waals surface area contributed by atoms with E-state index in [1.165, 1.54) is 11.1 Å². The van der Waals surface area contributed by atoms with E-state index in [4.69, 9.17) is 0 Å². The fraction of sp³-hybridized carbons (Fsp3) is 0.286. The van der Waals surface area contributed by atoms with Gasteiger partial charge in [0.1, 0.15) is 0 Å². The standard InChI is InChI=1S/C14H16N4/c1-10-2-4-12(5-3-10)17-14-16-9-11-8-15-7-6-13(11)18-14/h2-5,9,15H,6-8H2,1H3,(H,16,17,18). The normalized spacial score (nSPS) is 14.1. The lowest BCUT2D eigenvalue weighted by molar-refractivity contribution is 0.627. The summed E-state index contributed by atoms with van der Waals surface area (Å²) in [6.45, 7) is 3.94. The summed E-state index contributed by atoms with van der Waals surface area (Å²) in [5.41, 5.74) is 4.63. The number of hydrogen-bond acceptors (Lipinski definition) is 4. The molecule has 0 saturated carbocycles. The van der Waals surface area contributed by atoms with Crippen LogP contribution >= 0.6 is 0 Å². The van der Waals surface area contributed by atoms with Gasteiger partial charge < -0.3 is 10.6 Å². The number of nitrogens with zero attached hydrogens (tertiary/aromatic N) is 2. The van der Waals surface area contributed by atoms with Gasteiger partial charge in [-0.1, -0.05) is 17.7 Å². The van der Waals surface area contributed by atoms with E-state index >= 15 is 0 Å². The average molecular weight is 240 g/mol. The van der Waals surface area contributed by atoms with Crippen LogP contribution in [0.15, 0.2) is 30.5 Å². The summed E-state index contributed by atoms with van der Waals surface area (Å²) in [7, 11) is 0. The van der Waals surface area contributed by atoms with Gasteiger partial charge in [0, 0.05) is 37.0 Å². The minimum atomic E-state index is 0.680. The van der Waals surface area contributed by atoms with Gasteiger partial charge in [-0.15, -0.1) is 0 Å². The zero-order chi connectivity index (χ0) is 12.4. The zero-order valence-electron chi connectivity index (χ0n) is 10.4. The van der Waals surface area contributed by atoms with Crippen LogP contribution in [0.1, 0.15) is 16.8 Å². The van der Waals surface area contributed by atoms with Crippen LogP contribution in [-0.2, 0) is 13.0 Å². The van der Waals surface area contributed by atoms with Crippen molar-refractivity contribution < 1.29 is 0 Å². The first-order valence-electron chi connectivity index (χ1n) is 6.20. The van der Waals surface area contributed by atoms with E-state index in [-0.39, 0.29) is 0 Å². The van der Waals surface area contributed by atoms with Gasteiger partial charge in [0.2, 0.25) is 5.95 Å². The Balaban J connectivity index is 1.82. The lowest BCUT2D eigenvalue weighted by Gasteiger charge is -2.16. The molecule has 1 aliphatic heterocycles. The van der Waals surface area contributed by atoms with Gasteiger partial charge in [-0.2, -0.15) is 0 Å². The summed E-state index contributed by atoms with van der Waals surface area (Å²) < 4.78 is 0. The lowest BCUT2D eigenvalue weighted by atomic mass is 10.1. The first kappa shape index (κ1) is 11.2. The number of aromatic nitrogens is 2. The molecule has 2 N–H and O–H groups in total. The minimum Gasteiger partial charge on any atom is -0.324 e. The molecule has 0 bridgehead atoms. The van der Waals surface area contributed by atoms with E-state index < -0.39 is 0 Å². The molecule has 2 aromatic rings.